The van der Waals surface area contributed by atoms with Crippen molar-refractivity contribution in [1.82, 2.24) is 19.6 Å². The summed E-state index contributed by atoms with van der Waals surface area (Å²) in [5.41, 5.74) is 8.44. The molecule has 0 amide bonds. The Kier molecular flexibility index (Phi) is 2.04. The van der Waals surface area contributed by atoms with Crippen molar-refractivity contribution in [2.75, 3.05) is 5.73 Å². The van der Waals surface area contributed by atoms with Crippen molar-refractivity contribution >= 4 is 11.5 Å². The van der Waals surface area contributed by atoms with E-state index in [1.807, 2.05) is 37.3 Å². The molecule has 5 nitrogen and oxygen atoms in total. The zero-order valence-corrected chi connectivity index (χ0v) is 9.33. The molecule has 84 valence electrons. The number of rotatable bonds is 1. The molecule has 0 fully saturated rings. The number of hydrogen-bond acceptors (Lipinski definition) is 4. The number of nitrogens with zero attached hydrogens (tertiary/aromatic N) is 4. The van der Waals surface area contributed by atoms with E-state index in [0.717, 1.165) is 16.9 Å². The minimum Gasteiger partial charge on any atom is -0.384 e. The Hall–Kier alpha value is -2.43. The van der Waals surface area contributed by atoms with Gasteiger partial charge in [-0.25, -0.2) is 4.98 Å². The van der Waals surface area contributed by atoms with Crippen LogP contribution < -0.4 is 5.73 Å². The van der Waals surface area contributed by atoms with Crippen LogP contribution in [-0.2, 0) is 0 Å². The number of nitrogen functional groups attached to an aromatic ring is 1. The van der Waals surface area contributed by atoms with Crippen molar-refractivity contribution in [2.24, 2.45) is 0 Å². The first-order valence-electron chi connectivity index (χ1n) is 5.28. The van der Waals surface area contributed by atoms with Crippen LogP contribution in [0.2, 0.25) is 0 Å². The second kappa shape index (κ2) is 3.55. The fourth-order valence-electron chi connectivity index (χ4n) is 1.75. The van der Waals surface area contributed by atoms with E-state index in [1.54, 1.807) is 10.7 Å². The molecule has 0 saturated heterocycles. The van der Waals surface area contributed by atoms with Crippen molar-refractivity contribution in [3.63, 3.8) is 0 Å². The molecule has 0 saturated carbocycles. The highest BCUT2D eigenvalue weighted by atomic mass is 15.3. The molecule has 3 aromatic rings. The molecule has 0 aliphatic heterocycles. The summed E-state index contributed by atoms with van der Waals surface area (Å²) in [4.78, 5) is 8.63. The molecular weight excluding hydrogens is 214 g/mol. The van der Waals surface area contributed by atoms with Crippen LogP contribution >= 0.6 is 0 Å². The van der Waals surface area contributed by atoms with Crippen molar-refractivity contribution in [2.45, 2.75) is 6.92 Å². The molecule has 0 radical (unpaired) electrons. The Balaban J connectivity index is 2.24. The second-order valence-electron chi connectivity index (χ2n) is 3.88. The lowest BCUT2D eigenvalue weighted by atomic mass is 10.3. The highest BCUT2D eigenvalue weighted by Gasteiger charge is 2.08. The minimum atomic E-state index is 0.578. The van der Waals surface area contributed by atoms with Gasteiger partial charge in [-0.05, 0) is 36.8 Å². The third-order valence-corrected chi connectivity index (χ3v) is 2.50. The molecule has 0 aliphatic carbocycles. The van der Waals surface area contributed by atoms with Crippen LogP contribution in [0.3, 0.4) is 0 Å². The lowest BCUT2D eigenvalue weighted by Gasteiger charge is -1.98. The number of aromatic nitrogens is 4. The molecule has 3 rings (SSSR count). The van der Waals surface area contributed by atoms with Gasteiger partial charge >= 0.3 is 0 Å². The molecule has 0 spiro atoms. The first-order valence-corrected chi connectivity index (χ1v) is 5.28. The van der Waals surface area contributed by atoms with E-state index in [4.69, 9.17) is 5.73 Å². The normalized spacial score (nSPS) is 10.9. The fourth-order valence-corrected chi connectivity index (χ4v) is 1.75. The Morgan fingerprint density at radius 3 is 2.88 bits per heavy atom. The van der Waals surface area contributed by atoms with Crippen LogP contribution in [0.1, 0.15) is 5.56 Å². The van der Waals surface area contributed by atoms with Gasteiger partial charge in [0.15, 0.2) is 5.65 Å². The highest BCUT2D eigenvalue weighted by Crippen LogP contribution is 2.16. The maximum atomic E-state index is 5.89. The van der Waals surface area contributed by atoms with Crippen molar-refractivity contribution < 1.29 is 0 Å². The lowest BCUT2D eigenvalue weighted by molar-refractivity contribution is 0.971. The van der Waals surface area contributed by atoms with E-state index in [2.05, 4.69) is 15.1 Å². The summed E-state index contributed by atoms with van der Waals surface area (Å²) in [7, 11) is 0. The quantitative estimate of drug-likeness (QED) is 0.684. The molecule has 0 atom stereocenters. The van der Waals surface area contributed by atoms with Gasteiger partial charge in [0.05, 0.1) is 0 Å². The van der Waals surface area contributed by atoms with Crippen LogP contribution in [0.25, 0.3) is 17.2 Å². The van der Waals surface area contributed by atoms with Gasteiger partial charge in [0.2, 0.25) is 5.82 Å². The zero-order valence-electron chi connectivity index (χ0n) is 9.33. The molecule has 5 heteroatoms. The number of aryl methyl sites for hydroxylation is 1. The van der Waals surface area contributed by atoms with Crippen LogP contribution in [-0.4, -0.2) is 19.6 Å². The molecule has 0 aliphatic rings. The van der Waals surface area contributed by atoms with Crippen molar-refractivity contribution in [3.8, 4) is 11.5 Å². The maximum absolute atomic E-state index is 5.89. The Morgan fingerprint density at radius 2 is 2.12 bits per heavy atom. The fraction of sp³-hybridized carbons (Fsp3) is 0.0833. The van der Waals surface area contributed by atoms with Crippen LogP contribution in [0, 0.1) is 6.92 Å². The van der Waals surface area contributed by atoms with E-state index < -0.39 is 0 Å². The second-order valence-corrected chi connectivity index (χ2v) is 3.88. The van der Waals surface area contributed by atoms with Gasteiger partial charge < -0.3 is 5.73 Å². The molecule has 0 aromatic carbocycles. The van der Waals surface area contributed by atoms with Crippen molar-refractivity contribution in [3.05, 3.63) is 42.1 Å². The number of fused-ring (bicyclic) bond motifs is 1. The smallest absolute Gasteiger partial charge is 0.200 e. The van der Waals surface area contributed by atoms with Crippen LogP contribution in [0.15, 0.2) is 36.5 Å². The summed E-state index contributed by atoms with van der Waals surface area (Å²) in [6.45, 7) is 1.98. The number of nitrogens with two attached hydrogens (primary N) is 1. The summed E-state index contributed by atoms with van der Waals surface area (Å²) in [5, 5.41) is 4.34. The first-order chi connectivity index (χ1) is 8.24. The average molecular weight is 225 g/mol. The van der Waals surface area contributed by atoms with Gasteiger partial charge in [-0.3, -0.25) is 4.98 Å². The van der Waals surface area contributed by atoms with E-state index >= 15 is 0 Å². The van der Waals surface area contributed by atoms with E-state index in [1.165, 1.54) is 0 Å². The summed E-state index contributed by atoms with van der Waals surface area (Å²) < 4.78 is 1.62. The van der Waals surface area contributed by atoms with Gasteiger partial charge in [-0.15, -0.1) is 5.10 Å². The Bertz CT molecular complexity index is 672. The van der Waals surface area contributed by atoms with Gasteiger partial charge in [0.1, 0.15) is 11.5 Å². The summed E-state index contributed by atoms with van der Waals surface area (Å²) in [6, 6.07) is 9.44. The van der Waals surface area contributed by atoms with E-state index in [9.17, 15) is 0 Å². The molecule has 3 aromatic heterocycles. The molecular formula is C12H11N5. The minimum absolute atomic E-state index is 0.578. The molecule has 17 heavy (non-hydrogen) atoms. The van der Waals surface area contributed by atoms with Gasteiger partial charge in [-0.1, -0.05) is 6.07 Å². The molecule has 0 unspecified atom stereocenters. The standard InChI is InChI=1S/C12H11N5/c1-8-6-10(13)17-11(7-8)15-12(16-17)9-4-2-3-5-14-9/h2-7H,13H2,1H3. The monoisotopic (exact) mass is 225 g/mol. The Labute approximate surface area is 97.9 Å². The molecule has 3 heterocycles. The van der Waals surface area contributed by atoms with Crippen molar-refractivity contribution in [1.29, 1.82) is 0 Å². The zero-order chi connectivity index (χ0) is 11.8. The van der Waals surface area contributed by atoms with E-state index in [-0.39, 0.29) is 0 Å². The maximum Gasteiger partial charge on any atom is 0.200 e. The van der Waals surface area contributed by atoms with Gasteiger partial charge in [0, 0.05) is 6.20 Å². The van der Waals surface area contributed by atoms with Gasteiger partial charge in [-0.2, -0.15) is 4.52 Å². The number of hydrogen-bond donors (Lipinski definition) is 1. The summed E-state index contributed by atoms with van der Waals surface area (Å²) >= 11 is 0. The highest BCUT2D eigenvalue weighted by molar-refractivity contribution is 5.57. The number of anilines is 1. The third-order valence-electron chi connectivity index (χ3n) is 2.50. The molecule has 0 bridgehead atoms. The predicted octanol–water partition coefficient (Wildman–Crippen LogP) is 1.68. The summed E-state index contributed by atoms with van der Waals surface area (Å²) in [6.07, 6.45) is 1.72. The van der Waals surface area contributed by atoms with Crippen LogP contribution in [0.4, 0.5) is 5.82 Å². The first kappa shape index (κ1) is 9.77. The van der Waals surface area contributed by atoms with E-state index in [0.29, 0.717) is 11.6 Å². The van der Waals surface area contributed by atoms with Crippen LogP contribution in [0.5, 0.6) is 0 Å². The summed E-state index contributed by atoms with van der Waals surface area (Å²) in [5.74, 6) is 1.16. The lowest BCUT2D eigenvalue weighted by Crippen LogP contribution is -1.98. The molecule has 2 N–H and O–H groups in total. The SMILES string of the molecule is Cc1cc(N)n2nc(-c3ccccn3)nc2c1. The average Bonchev–Trinajstić information content (AvgIpc) is 2.74. The predicted molar refractivity (Wildman–Crippen MR) is 65.4 cm³/mol. The Morgan fingerprint density at radius 1 is 1.24 bits per heavy atom. The van der Waals surface area contributed by atoms with Gasteiger partial charge in [0.25, 0.3) is 0 Å². The topological polar surface area (TPSA) is 69.1 Å². The third kappa shape index (κ3) is 1.61. The largest absolute Gasteiger partial charge is 0.384 e. The number of pyridine rings is 2.